The van der Waals surface area contributed by atoms with Gasteiger partial charge in [-0.15, -0.1) is 0 Å². The van der Waals surface area contributed by atoms with Crippen LogP contribution in [0.1, 0.15) is 38.5 Å². The lowest BCUT2D eigenvalue weighted by Gasteiger charge is -2.28. The van der Waals surface area contributed by atoms with Crippen molar-refractivity contribution in [3.63, 3.8) is 0 Å². The van der Waals surface area contributed by atoms with Gasteiger partial charge in [-0.2, -0.15) is 0 Å². The summed E-state index contributed by atoms with van der Waals surface area (Å²) >= 11 is 0. The molecule has 0 N–H and O–H groups in total. The van der Waals surface area contributed by atoms with Gasteiger partial charge in [-0.25, -0.2) is 0 Å². The van der Waals surface area contributed by atoms with E-state index in [1.807, 2.05) is 0 Å². The fraction of sp³-hybridized carbons (Fsp3) is 0.500. The summed E-state index contributed by atoms with van der Waals surface area (Å²) < 4.78 is 10.5. The molecule has 2 rings (SSSR count). The van der Waals surface area contributed by atoms with Crippen LogP contribution in [0.3, 0.4) is 0 Å². The standard InChI is InChI=1S/C24H36O2P/c1-25-19-11-5-13-21-27(22-14-6-12-20-26-2,23-15-7-3-8-16-23)24-17-9-4-10-18-24/h3-4,7-10,15-18H,5-6,11-14,19-22H2,1-2H3/q+1. The Hall–Kier alpha value is -1.21. The van der Waals surface area contributed by atoms with Gasteiger partial charge in [0.15, 0.2) is 0 Å². The van der Waals surface area contributed by atoms with Crippen molar-refractivity contribution < 1.29 is 9.47 Å². The maximum absolute atomic E-state index is 5.24. The Labute approximate surface area is 166 Å². The van der Waals surface area contributed by atoms with Gasteiger partial charge < -0.3 is 9.47 Å². The van der Waals surface area contributed by atoms with Crippen molar-refractivity contribution in [1.82, 2.24) is 0 Å². The first-order valence-electron chi connectivity index (χ1n) is 10.3. The molecule has 2 nitrogen and oxygen atoms in total. The van der Waals surface area contributed by atoms with Crippen molar-refractivity contribution in [2.24, 2.45) is 0 Å². The van der Waals surface area contributed by atoms with Gasteiger partial charge in [0.2, 0.25) is 0 Å². The molecule has 0 amide bonds. The highest BCUT2D eigenvalue weighted by Gasteiger charge is 2.41. The molecule has 2 aromatic carbocycles. The Kier molecular flexibility index (Phi) is 10.7. The Bertz CT molecular complexity index is 545. The number of rotatable bonds is 14. The van der Waals surface area contributed by atoms with E-state index in [9.17, 15) is 0 Å². The van der Waals surface area contributed by atoms with Gasteiger partial charge in [0.05, 0.1) is 30.2 Å². The molecule has 0 saturated carbocycles. The molecule has 0 saturated heterocycles. The molecule has 0 fully saturated rings. The molecule has 0 aliphatic carbocycles. The number of ether oxygens (including phenoxy) is 2. The van der Waals surface area contributed by atoms with Crippen molar-refractivity contribution in [3.8, 4) is 0 Å². The Morgan fingerprint density at radius 3 is 1.33 bits per heavy atom. The highest BCUT2D eigenvalue weighted by Crippen LogP contribution is 2.57. The molecule has 0 spiro atoms. The van der Waals surface area contributed by atoms with Crippen molar-refractivity contribution in [3.05, 3.63) is 60.7 Å². The second-order valence-corrected chi connectivity index (χ2v) is 11.1. The van der Waals surface area contributed by atoms with Gasteiger partial charge >= 0.3 is 0 Å². The molecule has 148 valence electrons. The van der Waals surface area contributed by atoms with E-state index >= 15 is 0 Å². The van der Waals surface area contributed by atoms with E-state index in [4.69, 9.17) is 9.47 Å². The van der Waals surface area contributed by atoms with E-state index in [1.165, 1.54) is 38.0 Å². The van der Waals surface area contributed by atoms with Crippen LogP contribution in [0.5, 0.6) is 0 Å². The van der Waals surface area contributed by atoms with Crippen LogP contribution >= 0.6 is 7.26 Å². The monoisotopic (exact) mass is 387 g/mol. The summed E-state index contributed by atoms with van der Waals surface area (Å²) in [7, 11) is 2.21. The third-order valence-electron chi connectivity index (χ3n) is 5.28. The van der Waals surface area contributed by atoms with Gasteiger partial charge in [0, 0.05) is 27.4 Å². The lowest BCUT2D eigenvalue weighted by Crippen LogP contribution is -2.27. The Morgan fingerprint density at radius 1 is 0.556 bits per heavy atom. The van der Waals surface area contributed by atoms with E-state index in [0.717, 1.165) is 26.1 Å². The smallest absolute Gasteiger partial charge is 0.0991 e. The van der Waals surface area contributed by atoms with Gasteiger partial charge in [-0.05, 0) is 62.8 Å². The third kappa shape index (κ3) is 7.03. The van der Waals surface area contributed by atoms with Crippen LogP contribution in [-0.4, -0.2) is 39.8 Å². The maximum Gasteiger partial charge on any atom is 0.0991 e. The minimum absolute atomic E-state index is 0.874. The molecule has 0 aliphatic heterocycles. The molecule has 0 radical (unpaired) electrons. The van der Waals surface area contributed by atoms with Crippen LogP contribution < -0.4 is 10.6 Å². The summed E-state index contributed by atoms with van der Waals surface area (Å²) in [5.41, 5.74) is 0. The Morgan fingerprint density at radius 2 is 0.963 bits per heavy atom. The lowest BCUT2D eigenvalue weighted by atomic mass is 10.3. The van der Waals surface area contributed by atoms with Gasteiger partial charge in [-0.1, -0.05) is 36.4 Å². The van der Waals surface area contributed by atoms with Crippen LogP contribution in [0, 0.1) is 0 Å². The number of hydrogen-bond acceptors (Lipinski definition) is 2. The van der Waals surface area contributed by atoms with Crippen LogP contribution in [0.4, 0.5) is 0 Å². The fourth-order valence-electron chi connectivity index (χ4n) is 3.81. The SMILES string of the molecule is COCCCCC[P+](CCCCCOC)(c1ccccc1)c1ccccc1. The second-order valence-electron chi connectivity index (χ2n) is 7.19. The number of methoxy groups -OCH3 is 2. The number of benzene rings is 2. The van der Waals surface area contributed by atoms with Crippen LogP contribution in [0.25, 0.3) is 0 Å². The van der Waals surface area contributed by atoms with Crippen molar-refractivity contribution in [2.45, 2.75) is 38.5 Å². The molecule has 0 heterocycles. The normalized spacial score (nSPS) is 11.6. The molecule has 0 bridgehead atoms. The minimum atomic E-state index is -1.38. The Balaban J connectivity index is 2.21. The molecule has 2 aromatic rings. The topological polar surface area (TPSA) is 18.5 Å². The molecule has 3 heteroatoms. The van der Waals surface area contributed by atoms with Crippen molar-refractivity contribution in [2.75, 3.05) is 39.8 Å². The largest absolute Gasteiger partial charge is 0.385 e. The summed E-state index contributed by atoms with van der Waals surface area (Å²) in [4.78, 5) is 0. The molecule has 27 heavy (non-hydrogen) atoms. The van der Waals surface area contributed by atoms with E-state index in [2.05, 4.69) is 60.7 Å². The predicted octanol–water partition coefficient (Wildman–Crippen LogP) is 5.29. The van der Waals surface area contributed by atoms with E-state index in [1.54, 1.807) is 24.8 Å². The van der Waals surface area contributed by atoms with E-state index < -0.39 is 7.26 Å². The van der Waals surface area contributed by atoms with Crippen molar-refractivity contribution >= 4 is 17.9 Å². The summed E-state index contributed by atoms with van der Waals surface area (Å²) in [5.74, 6) is 0. The number of unbranched alkanes of at least 4 members (excludes halogenated alkanes) is 4. The highest BCUT2D eigenvalue weighted by molar-refractivity contribution is 7.89. The lowest BCUT2D eigenvalue weighted by molar-refractivity contribution is 0.192. The van der Waals surface area contributed by atoms with Crippen molar-refractivity contribution in [1.29, 1.82) is 0 Å². The first-order valence-corrected chi connectivity index (χ1v) is 12.5. The second kappa shape index (κ2) is 13.0. The summed E-state index contributed by atoms with van der Waals surface area (Å²) in [6, 6.07) is 22.6. The predicted molar refractivity (Wildman–Crippen MR) is 120 cm³/mol. The summed E-state index contributed by atoms with van der Waals surface area (Å²) in [6.45, 7) is 1.75. The van der Waals surface area contributed by atoms with Gasteiger partial charge in [0.1, 0.15) is 0 Å². The molecule has 0 unspecified atom stereocenters. The molecular weight excluding hydrogens is 351 g/mol. The summed E-state index contributed by atoms with van der Waals surface area (Å²) in [5, 5.41) is 3.13. The van der Waals surface area contributed by atoms with Crippen LogP contribution in [0.2, 0.25) is 0 Å². The van der Waals surface area contributed by atoms with Gasteiger partial charge in [-0.3, -0.25) is 0 Å². The zero-order chi connectivity index (χ0) is 19.2. The van der Waals surface area contributed by atoms with Crippen LogP contribution in [-0.2, 0) is 9.47 Å². The molecule has 0 aliphatic rings. The van der Waals surface area contributed by atoms with E-state index in [0.29, 0.717) is 0 Å². The fourth-order valence-corrected chi connectivity index (χ4v) is 8.38. The van der Waals surface area contributed by atoms with Crippen LogP contribution in [0.15, 0.2) is 60.7 Å². The molecular formula is C24H36O2P+. The maximum atomic E-state index is 5.24. The quantitative estimate of drug-likeness (QED) is 0.324. The molecule has 0 aromatic heterocycles. The average Bonchev–Trinajstić information content (AvgIpc) is 2.73. The zero-order valence-electron chi connectivity index (χ0n) is 17.1. The number of hydrogen-bond donors (Lipinski definition) is 0. The first-order chi connectivity index (χ1) is 13.3. The zero-order valence-corrected chi connectivity index (χ0v) is 18.0. The molecule has 0 atom stereocenters. The van der Waals surface area contributed by atoms with Gasteiger partial charge in [0.25, 0.3) is 0 Å². The minimum Gasteiger partial charge on any atom is -0.385 e. The van der Waals surface area contributed by atoms with E-state index in [-0.39, 0.29) is 0 Å². The third-order valence-corrected chi connectivity index (χ3v) is 10.0. The summed E-state index contributed by atoms with van der Waals surface area (Å²) in [6.07, 6.45) is 9.97. The average molecular weight is 388 g/mol. The first kappa shape index (κ1) is 22.1. The highest BCUT2D eigenvalue weighted by atomic mass is 31.2.